The summed E-state index contributed by atoms with van der Waals surface area (Å²) in [6.45, 7) is 11.7. The summed E-state index contributed by atoms with van der Waals surface area (Å²) in [4.78, 5) is 10.3. The van der Waals surface area contributed by atoms with Crippen molar-refractivity contribution < 1.29 is 4.42 Å². The highest BCUT2D eigenvalue weighted by Crippen LogP contribution is 2.48. The molecule has 30 heavy (non-hydrogen) atoms. The number of rotatable bonds is 1. The van der Waals surface area contributed by atoms with Crippen molar-refractivity contribution in [2.75, 3.05) is 0 Å². The molecule has 5 aromatic rings. The van der Waals surface area contributed by atoms with Gasteiger partial charge in [0.15, 0.2) is 0 Å². The van der Waals surface area contributed by atoms with Gasteiger partial charge in [-0.1, -0.05) is 69.9 Å². The largest absolute Gasteiger partial charge is 0.456 e. The lowest BCUT2D eigenvalue weighted by Crippen LogP contribution is -2.38. The Morgan fingerprint density at radius 2 is 1.53 bits per heavy atom. The van der Waals surface area contributed by atoms with Gasteiger partial charge >= 0.3 is 0 Å². The first-order valence-electron chi connectivity index (χ1n) is 10.5. The number of nitrogens with zero attached hydrogens (tertiary/aromatic N) is 2. The number of furan rings is 1. The third-order valence-electron chi connectivity index (χ3n) is 6.54. The van der Waals surface area contributed by atoms with Gasteiger partial charge in [-0.2, -0.15) is 0 Å². The van der Waals surface area contributed by atoms with Gasteiger partial charge in [-0.05, 0) is 28.9 Å². The van der Waals surface area contributed by atoms with E-state index in [9.17, 15) is 0 Å². The fourth-order valence-corrected chi connectivity index (χ4v) is 6.42. The third kappa shape index (κ3) is 2.20. The molecule has 6 rings (SSSR count). The van der Waals surface area contributed by atoms with Crippen LogP contribution in [0, 0.1) is 0 Å². The first kappa shape index (κ1) is 17.8. The van der Waals surface area contributed by atoms with Gasteiger partial charge in [0, 0.05) is 21.8 Å². The lowest BCUT2D eigenvalue weighted by molar-refractivity contribution is 0.623. The smallest absolute Gasteiger partial charge is 0.136 e. The molecule has 0 atom stereocenters. The number of fused-ring (bicyclic) bond motifs is 3. The van der Waals surface area contributed by atoms with E-state index in [0.29, 0.717) is 0 Å². The van der Waals surface area contributed by atoms with E-state index in [0.717, 1.165) is 39.2 Å². The molecule has 0 fully saturated rings. The maximum Gasteiger partial charge on any atom is 0.136 e. The quantitative estimate of drug-likeness (QED) is 0.302. The zero-order valence-electron chi connectivity index (χ0n) is 18.0. The van der Waals surface area contributed by atoms with Crippen LogP contribution in [-0.4, -0.2) is 18.0 Å². The zero-order valence-corrected chi connectivity index (χ0v) is 19.0. The molecule has 0 N–H and O–H groups in total. The highest BCUT2D eigenvalue weighted by atomic mass is 28.3. The molecule has 0 saturated carbocycles. The van der Waals surface area contributed by atoms with Gasteiger partial charge in [-0.15, -0.1) is 0 Å². The van der Waals surface area contributed by atoms with E-state index in [1.54, 1.807) is 0 Å². The zero-order chi connectivity index (χ0) is 20.8. The predicted octanol–water partition coefficient (Wildman–Crippen LogP) is 6.38. The average Bonchev–Trinajstić information content (AvgIpc) is 3.07. The summed E-state index contributed by atoms with van der Waals surface area (Å²) in [5.41, 5.74) is 7.97. The van der Waals surface area contributed by atoms with Gasteiger partial charge in [0.1, 0.15) is 11.2 Å². The minimum Gasteiger partial charge on any atom is -0.456 e. The molecule has 0 radical (unpaired) electrons. The van der Waals surface area contributed by atoms with Crippen molar-refractivity contribution in [1.82, 2.24) is 9.97 Å². The fourth-order valence-electron chi connectivity index (χ4n) is 4.98. The lowest BCUT2D eigenvalue weighted by Gasteiger charge is -2.27. The van der Waals surface area contributed by atoms with Gasteiger partial charge in [-0.3, -0.25) is 0 Å². The molecule has 3 aromatic carbocycles. The van der Waals surface area contributed by atoms with Crippen molar-refractivity contribution in [3.05, 3.63) is 65.9 Å². The Morgan fingerprint density at radius 1 is 0.800 bits per heavy atom. The second-order valence-corrected chi connectivity index (χ2v) is 15.0. The molecule has 0 amide bonds. The van der Waals surface area contributed by atoms with Crippen molar-refractivity contribution >= 4 is 46.2 Å². The second kappa shape index (κ2) is 5.58. The molecule has 2 heterocycles. The molecule has 148 valence electrons. The molecule has 0 bridgehead atoms. The Bertz CT molecular complexity index is 1510. The minimum atomic E-state index is -1.58. The number of aromatic nitrogens is 2. The molecule has 1 aliphatic carbocycles. The number of benzene rings is 3. The monoisotopic (exact) mass is 408 g/mol. The molecule has 0 spiro atoms. The fraction of sp³-hybridized carbons (Fsp3) is 0.231. The van der Waals surface area contributed by atoms with Crippen LogP contribution in [0.3, 0.4) is 0 Å². The van der Waals surface area contributed by atoms with E-state index < -0.39 is 8.07 Å². The summed E-state index contributed by atoms with van der Waals surface area (Å²) in [5.74, 6) is 0. The van der Waals surface area contributed by atoms with Crippen molar-refractivity contribution in [1.29, 1.82) is 0 Å². The van der Waals surface area contributed by atoms with E-state index in [2.05, 4.69) is 69.9 Å². The van der Waals surface area contributed by atoms with E-state index >= 15 is 0 Å². The Kier molecular flexibility index (Phi) is 3.32. The summed E-state index contributed by atoms with van der Waals surface area (Å²) in [6, 6.07) is 19.1. The molecule has 3 nitrogen and oxygen atoms in total. The Balaban J connectivity index is 1.87. The first-order valence-corrected chi connectivity index (χ1v) is 14.0. The summed E-state index contributed by atoms with van der Waals surface area (Å²) >= 11 is 0. The molecule has 2 aromatic heterocycles. The second-order valence-electron chi connectivity index (χ2n) is 9.93. The number of hydrogen-bond acceptors (Lipinski definition) is 3. The van der Waals surface area contributed by atoms with Gasteiger partial charge in [0.25, 0.3) is 0 Å². The van der Waals surface area contributed by atoms with Crippen LogP contribution in [0.5, 0.6) is 0 Å². The number of hydrogen-bond donors (Lipinski definition) is 0. The maximum absolute atomic E-state index is 6.55. The molecule has 0 unspecified atom stereocenters. The molecule has 0 saturated heterocycles. The van der Waals surface area contributed by atoms with Crippen LogP contribution in [0.25, 0.3) is 44.2 Å². The van der Waals surface area contributed by atoms with Crippen LogP contribution in [0.2, 0.25) is 19.6 Å². The average molecular weight is 409 g/mol. The van der Waals surface area contributed by atoms with Crippen LogP contribution in [0.4, 0.5) is 0 Å². The van der Waals surface area contributed by atoms with Crippen LogP contribution in [0.1, 0.15) is 25.1 Å². The third-order valence-corrected chi connectivity index (χ3v) is 8.55. The Hall–Kier alpha value is -2.98. The highest BCUT2D eigenvalue weighted by Gasteiger charge is 2.37. The van der Waals surface area contributed by atoms with Crippen molar-refractivity contribution in [3.8, 4) is 11.3 Å². The molecule has 1 aliphatic rings. The summed E-state index contributed by atoms with van der Waals surface area (Å²) in [5, 5.41) is 3.80. The van der Waals surface area contributed by atoms with Crippen LogP contribution >= 0.6 is 0 Å². The van der Waals surface area contributed by atoms with Gasteiger partial charge in [0.05, 0.1) is 30.5 Å². The van der Waals surface area contributed by atoms with Gasteiger partial charge in [-0.25, -0.2) is 9.97 Å². The minimum absolute atomic E-state index is 0.293. The topological polar surface area (TPSA) is 38.9 Å². The van der Waals surface area contributed by atoms with Crippen LogP contribution < -0.4 is 5.19 Å². The van der Waals surface area contributed by atoms with Gasteiger partial charge in [0.2, 0.25) is 0 Å². The summed E-state index contributed by atoms with van der Waals surface area (Å²) in [7, 11) is -1.58. The molecular formula is C26H24N2OSi. The van der Waals surface area contributed by atoms with Crippen molar-refractivity contribution in [2.24, 2.45) is 0 Å². The lowest BCUT2D eigenvalue weighted by atomic mass is 9.79. The Labute approximate surface area is 176 Å². The highest BCUT2D eigenvalue weighted by molar-refractivity contribution is 6.90. The predicted molar refractivity (Wildman–Crippen MR) is 127 cm³/mol. The normalized spacial score (nSPS) is 15.1. The van der Waals surface area contributed by atoms with Crippen molar-refractivity contribution in [2.45, 2.75) is 38.9 Å². The molecular weight excluding hydrogens is 384 g/mol. The SMILES string of the molecule is CC1(C)c2nc3ccccc3nc2-c2cccc3oc4c([Si](C)(C)C)ccc1c4c23. The van der Waals surface area contributed by atoms with E-state index in [1.807, 2.05) is 18.2 Å². The van der Waals surface area contributed by atoms with E-state index in [-0.39, 0.29) is 5.41 Å². The van der Waals surface area contributed by atoms with E-state index in [4.69, 9.17) is 14.4 Å². The van der Waals surface area contributed by atoms with E-state index in [1.165, 1.54) is 21.5 Å². The summed E-state index contributed by atoms with van der Waals surface area (Å²) < 4.78 is 6.55. The van der Waals surface area contributed by atoms with Crippen LogP contribution in [-0.2, 0) is 5.41 Å². The Morgan fingerprint density at radius 3 is 2.27 bits per heavy atom. The van der Waals surface area contributed by atoms with Gasteiger partial charge < -0.3 is 4.42 Å². The number of para-hydroxylation sites is 2. The molecule has 0 aliphatic heterocycles. The summed E-state index contributed by atoms with van der Waals surface area (Å²) in [6.07, 6.45) is 0. The molecule has 4 heteroatoms. The first-order chi connectivity index (χ1) is 14.3. The van der Waals surface area contributed by atoms with Crippen LogP contribution in [0.15, 0.2) is 59.0 Å². The maximum atomic E-state index is 6.55. The standard InChI is InChI=1S/C26H24N2OSi/c1-26(2)16-13-14-20(30(3,4)5)24-22(16)21-15(9-8-12-19(21)29-24)23-25(26)28-18-11-7-6-10-17(18)27-23/h6-14H,1-5H3. The van der Waals surface area contributed by atoms with Crippen molar-refractivity contribution in [3.63, 3.8) is 0 Å².